The van der Waals surface area contributed by atoms with E-state index >= 15 is 0 Å². The van der Waals surface area contributed by atoms with Crippen molar-refractivity contribution in [3.63, 3.8) is 0 Å². The zero-order valence-corrected chi connectivity index (χ0v) is 14.1. The lowest BCUT2D eigenvalue weighted by atomic mass is 9.83. The molecule has 0 saturated heterocycles. The third kappa shape index (κ3) is 3.47. The smallest absolute Gasteiger partial charge is 0.0393 e. The van der Waals surface area contributed by atoms with E-state index in [0.717, 1.165) is 11.3 Å². The highest BCUT2D eigenvalue weighted by Gasteiger charge is 2.17. The summed E-state index contributed by atoms with van der Waals surface area (Å²) >= 11 is 0. The molecule has 0 aliphatic heterocycles. The van der Waals surface area contributed by atoms with E-state index in [1.165, 1.54) is 16.7 Å². The summed E-state index contributed by atoms with van der Waals surface area (Å²) in [6.45, 7) is 13.4. The van der Waals surface area contributed by atoms with Gasteiger partial charge in [0.15, 0.2) is 0 Å². The van der Waals surface area contributed by atoms with Crippen LogP contribution in [-0.4, -0.2) is 0 Å². The topological polar surface area (TPSA) is 26.0 Å². The van der Waals surface area contributed by atoms with Crippen LogP contribution in [0.4, 0.5) is 5.69 Å². The van der Waals surface area contributed by atoms with Gasteiger partial charge in [0, 0.05) is 11.3 Å². The molecule has 0 saturated carbocycles. The summed E-state index contributed by atoms with van der Waals surface area (Å²) in [7, 11) is 0. The molecular weight excluding hydrogens is 254 g/mol. The van der Waals surface area contributed by atoms with E-state index in [-0.39, 0.29) is 10.8 Å². The average Bonchev–Trinajstić information content (AvgIpc) is 2.37. The Kier molecular flexibility index (Phi) is 3.88. The highest BCUT2D eigenvalue weighted by atomic mass is 14.6. The Morgan fingerprint density at radius 3 is 1.86 bits per heavy atom. The molecule has 1 heteroatoms. The Morgan fingerprint density at radius 1 is 0.714 bits per heavy atom. The maximum atomic E-state index is 6.22. The number of anilines is 1. The van der Waals surface area contributed by atoms with Crippen molar-refractivity contribution in [1.82, 2.24) is 0 Å². The fourth-order valence-electron chi connectivity index (χ4n) is 2.43. The van der Waals surface area contributed by atoms with Crippen LogP contribution in [0, 0.1) is 0 Å². The maximum absolute atomic E-state index is 6.22. The number of nitrogen functional groups attached to an aromatic ring is 1. The number of nitrogens with two attached hydrogens (primary N) is 1. The highest BCUT2D eigenvalue weighted by Crippen LogP contribution is 2.34. The molecule has 0 aliphatic rings. The monoisotopic (exact) mass is 281 g/mol. The molecule has 0 heterocycles. The first-order chi connectivity index (χ1) is 9.59. The number of hydrogen-bond acceptors (Lipinski definition) is 1. The van der Waals surface area contributed by atoms with Crippen molar-refractivity contribution < 1.29 is 0 Å². The fraction of sp³-hybridized carbons (Fsp3) is 0.400. The van der Waals surface area contributed by atoms with Crippen LogP contribution in [0.2, 0.25) is 0 Å². The zero-order chi connectivity index (χ0) is 15.8. The SMILES string of the molecule is CC(C)(C)c1cccc(-c2cc(C(C)(C)C)ccc2N)c1. The molecule has 0 atom stereocenters. The van der Waals surface area contributed by atoms with E-state index in [0.29, 0.717) is 0 Å². The summed E-state index contributed by atoms with van der Waals surface area (Å²) in [5.74, 6) is 0. The highest BCUT2D eigenvalue weighted by molar-refractivity contribution is 5.77. The quantitative estimate of drug-likeness (QED) is 0.683. The van der Waals surface area contributed by atoms with Gasteiger partial charge in [-0.1, -0.05) is 71.9 Å². The summed E-state index contributed by atoms with van der Waals surface area (Å²) < 4.78 is 0. The predicted octanol–water partition coefficient (Wildman–Crippen LogP) is 5.53. The van der Waals surface area contributed by atoms with Gasteiger partial charge in [-0.2, -0.15) is 0 Å². The van der Waals surface area contributed by atoms with Crippen molar-refractivity contribution in [2.45, 2.75) is 52.4 Å². The van der Waals surface area contributed by atoms with Crippen molar-refractivity contribution >= 4 is 5.69 Å². The van der Waals surface area contributed by atoms with Crippen molar-refractivity contribution in [3.8, 4) is 11.1 Å². The van der Waals surface area contributed by atoms with Gasteiger partial charge in [-0.25, -0.2) is 0 Å². The summed E-state index contributed by atoms with van der Waals surface area (Å²) in [5.41, 5.74) is 12.3. The van der Waals surface area contributed by atoms with E-state index in [2.05, 4.69) is 77.9 Å². The molecule has 2 aromatic carbocycles. The Bertz CT molecular complexity index is 640. The van der Waals surface area contributed by atoms with Crippen LogP contribution < -0.4 is 5.73 Å². The molecule has 0 unspecified atom stereocenters. The summed E-state index contributed by atoms with van der Waals surface area (Å²) in [6, 6.07) is 15.1. The molecule has 1 nitrogen and oxygen atoms in total. The standard InChI is InChI=1S/C20H27N/c1-19(2,3)15-9-7-8-14(12-15)17-13-16(20(4,5)6)10-11-18(17)21/h7-13H,21H2,1-6H3. The second-order valence-corrected chi connectivity index (χ2v) is 7.88. The van der Waals surface area contributed by atoms with Crippen molar-refractivity contribution in [2.75, 3.05) is 5.73 Å². The van der Waals surface area contributed by atoms with Gasteiger partial charge in [-0.15, -0.1) is 0 Å². The second-order valence-electron chi connectivity index (χ2n) is 7.88. The van der Waals surface area contributed by atoms with Crippen LogP contribution in [0.25, 0.3) is 11.1 Å². The Morgan fingerprint density at radius 2 is 1.29 bits per heavy atom. The number of rotatable bonds is 1. The lowest BCUT2D eigenvalue weighted by Gasteiger charge is -2.22. The first kappa shape index (κ1) is 15.6. The lowest BCUT2D eigenvalue weighted by molar-refractivity contribution is 0.589. The minimum absolute atomic E-state index is 0.129. The Labute approximate surface area is 129 Å². The van der Waals surface area contributed by atoms with Gasteiger partial charge in [0.2, 0.25) is 0 Å². The van der Waals surface area contributed by atoms with Crippen molar-refractivity contribution in [2.24, 2.45) is 0 Å². The molecule has 112 valence electrons. The molecular formula is C20H27N. The van der Waals surface area contributed by atoms with Crippen LogP contribution in [0.1, 0.15) is 52.7 Å². The van der Waals surface area contributed by atoms with Gasteiger partial charge in [0.05, 0.1) is 0 Å². The van der Waals surface area contributed by atoms with Crippen LogP contribution in [0.5, 0.6) is 0 Å². The van der Waals surface area contributed by atoms with Gasteiger partial charge < -0.3 is 5.73 Å². The van der Waals surface area contributed by atoms with E-state index in [9.17, 15) is 0 Å². The molecule has 2 rings (SSSR count). The minimum atomic E-state index is 0.129. The largest absolute Gasteiger partial charge is 0.398 e. The first-order valence-corrected chi connectivity index (χ1v) is 7.60. The number of hydrogen-bond donors (Lipinski definition) is 1. The normalized spacial score (nSPS) is 12.5. The van der Waals surface area contributed by atoms with E-state index in [1.54, 1.807) is 0 Å². The molecule has 0 radical (unpaired) electrons. The van der Waals surface area contributed by atoms with E-state index in [4.69, 9.17) is 5.73 Å². The van der Waals surface area contributed by atoms with E-state index < -0.39 is 0 Å². The zero-order valence-electron chi connectivity index (χ0n) is 14.1. The molecule has 0 bridgehead atoms. The van der Waals surface area contributed by atoms with Crippen LogP contribution in [0.15, 0.2) is 42.5 Å². The third-order valence-corrected chi connectivity index (χ3v) is 3.96. The molecule has 0 aromatic heterocycles. The molecule has 0 aliphatic carbocycles. The molecule has 2 aromatic rings. The van der Waals surface area contributed by atoms with Gasteiger partial charge in [0.1, 0.15) is 0 Å². The molecule has 0 fully saturated rings. The summed E-state index contributed by atoms with van der Waals surface area (Å²) in [6.07, 6.45) is 0. The Balaban J connectivity index is 2.57. The van der Waals surface area contributed by atoms with Gasteiger partial charge in [-0.3, -0.25) is 0 Å². The van der Waals surface area contributed by atoms with Gasteiger partial charge in [-0.05, 0) is 39.7 Å². The summed E-state index contributed by atoms with van der Waals surface area (Å²) in [4.78, 5) is 0. The van der Waals surface area contributed by atoms with Gasteiger partial charge in [0.25, 0.3) is 0 Å². The minimum Gasteiger partial charge on any atom is -0.398 e. The fourth-order valence-corrected chi connectivity index (χ4v) is 2.43. The Hall–Kier alpha value is -1.76. The van der Waals surface area contributed by atoms with Crippen LogP contribution in [0.3, 0.4) is 0 Å². The molecule has 0 amide bonds. The van der Waals surface area contributed by atoms with E-state index in [1.807, 2.05) is 6.07 Å². The van der Waals surface area contributed by atoms with Crippen molar-refractivity contribution in [1.29, 1.82) is 0 Å². The number of benzene rings is 2. The maximum Gasteiger partial charge on any atom is 0.0393 e. The average molecular weight is 281 g/mol. The third-order valence-electron chi connectivity index (χ3n) is 3.96. The van der Waals surface area contributed by atoms with Crippen molar-refractivity contribution in [3.05, 3.63) is 53.6 Å². The summed E-state index contributed by atoms with van der Waals surface area (Å²) in [5, 5.41) is 0. The molecule has 0 spiro atoms. The lowest BCUT2D eigenvalue weighted by Crippen LogP contribution is -2.12. The molecule has 2 N–H and O–H groups in total. The first-order valence-electron chi connectivity index (χ1n) is 7.60. The molecule has 21 heavy (non-hydrogen) atoms. The predicted molar refractivity (Wildman–Crippen MR) is 93.7 cm³/mol. The van der Waals surface area contributed by atoms with Crippen LogP contribution in [-0.2, 0) is 10.8 Å². The second kappa shape index (κ2) is 5.22. The van der Waals surface area contributed by atoms with Crippen LogP contribution >= 0.6 is 0 Å². The van der Waals surface area contributed by atoms with Gasteiger partial charge >= 0.3 is 0 Å².